The molecule has 0 spiro atoms. The summed E-state index contributed by atoms with van der Waals surface area (Å²) in [4.78, 5) is 22.3. The van der Waals surface area contributed by atoms with Gasteiger partial charge in [-0.3, -0.25) is 0 Å². The van der Waals surface area contributed by atoms with Gasteiger partial charge in [0, 0.05) is 11.5 Å². The van der Waals surface area contributed by atoms with Gasteiger partial charge in [0.25, 0.3) is 0 Å². The lowest BCUT2D eigenvalue weighted by Gasteiger charge is -2.07. The maximum absolute atomic E-state index is 11.2. The van der Waals surface area contributed by atoms with Crippen LogP contribution in [-0.4, -0.2) is 36.7 Å². The van der Waals surface area contributed by atoms with Gasteiger partial charge in [0.1, 0.15) is 0 Å². The number of hydrogen-bond donors (Lipinski definition) is 0. The predicted molar refractivity (Wildman–Crippen MR) is 83.2 cm³/mol. The lowest BCUT2D eigenvalue weighted by Crippen LogP contribution is -2.07. The molecule has 0 rings (SSSR count). The molecule has 0 aromatic heterocycles. The molecule has 0 aliphatic heterocycles. The average Bonchev–Trinajstić information content (AvgIpc) is 2.46. The molecule has 8 heteroatoms. The van der Waals surface area contributed by atoms with Crippen LogP contribution in [0, 0.1) is 0 Å². The Bertz CT molecular complexity index is 336. The van der Waals surface area contributed by atoms with Gasteiger partial charge >= 0.3 is 11.9 Å². The second-order valence-corrected chi connectivity index (χ2v) is 5.07. The highest BCUT2D eigenvalue weighted by atomic mass is 32.2. The molecule has 0 bridgehead atoms. The lowest BCUT2D eigenvalue weighted by molar-refractivity contribution is -0.141. The van der Waals surface area contributed by atoms with Crippen molar-refractivity contribution in [2.24, 2.45) is 0 Å². The van der Waals surface area contributed by atoms with E-state index in [0.717, 1.165) is 30.5 Å². The van der Waals surface area contributed by atoms with Crippen LogP contribution >= 0.6 is 24.1 Å². The van der Waals surface area contributed by atoms with Crippen LogP contribution in [0.5, 0.6) is 0 Å². The highest BCUT2D eigenvalue weighted by Crippen LogP contribution is 2.16. The minimum absolute atomic E-state index is 0.0264. The molecule has 0 aliphatic carbocycles. The van der Waals surface area contributed by atoms with Crippen molar-refractivity contribution in [3.05, 3.63) is 24.7 Å². The van der Waals surface area contributed by atoms with Crippen LogP contribution in [0.15, 0.2) is 24.7 Å². The number of carbonyl (C=O) groups excluding carboxylic acids is 2. The first-order valence-corrected chi connectivity index (χ1v) is 8.16. The number of carbonyl (C=O) groups is 2. The van der Waals surface area contributed by atoms with Crippen molar-refractivity contribution in [3.63, 3.8) is 0 Å². The van der Waals surface area contributed by atoms with Crippen LogP contribution in [0.2, 0.25) is 0 Å². The topological polar surface area (TPSA) is 71.1 Å². The van der Waals surface area contributed by atoms with E-state index in [1.54, 1.807) is 13.8 Å². The third-order valence-corrected chi connectivity index (χ3v) is 3.33. The maximum atomic E-state index is 11.2. The molecule has 0 saturated carbocycles. The van der Waals surface area contributed by atoms with E-state index in [2.05, 4.69) is 13.2 Å². The molecular formula is C13H20O6S2. The fraction of sp³-hybridized carbons (Fsp3) is 0.538. The number of hydrogen-bond acceptors (Lipinski definition) is 8. The van der Waals surface area contributed by atoms with Crippen LogP contribution in [0.3, 0.4) is 0 Å². The van der Waals surface area contributed by atoms with Gasteiger partial charge in [-0.1, -0.05) is 0 Å². The molecule has 6 nitrogen and oxygen atoms in total. The van der Waals surface area contributed by atoms with Crippen molar-refractivity contribution >= 4 is 36.0 Å². The van der Waals surface area contributed by atoms with Crippen molar-refractivity contribution < 1.29 is 27.4 Å². The number of ether oxygens (including phenoxy) is 2. The summed E-state index contributed by atoms with van der Waals surface area (Å²) in [5, 5.41) is 0. The molecule has 0 radical (unpaired) electrons. The summed E-state index contributed by atoms with van der Waals surface area (Å²) in [7, 11) is 0. The van der Waals surface area contributed by atoms with E-state index >= 15 is 0 Å². The fourth-order valence-corrected chi connectivity index (χ4v) is 2.19. The van der Waals surface area contributed by atoms with Crippen molar-refractivity contribution in [1.82, 2.24) is 0 Å². The Balaban J connectivity index is 3.52. The Kier molecular flexibility index (Phi) is 11.7. The van der Waals surface area contributed by atoms with E-state index in [-0.39, 0.29) is 24.7 Å². The SMILES string of the molecule is C=C(OSCCCSOC(=C)C(=O)OCC)C(=O)OCC. The van der Waals surface area contributed by atoms with Crippen LogP contribution in [0.25, 0.3) is 0 Å². The summed E-state index contributed by atoms with van der Waals surface area (Å²) < 4.78 is 19.5. The molecule has 120 valence electrons. The van der Waals surface area contributed by atoms with Gasteiger partial charge in [-0.05, 0) is 33.4 Å². The van der Waals surface area contributed by atoms with Gasteiger partial charge < -0.3 is 17.8 Å². The molecule has 0 atom stereocenters. The van der Waals surface area contributed by atoms with Crippen LogP contribution in [-0.2, 0) is 27.4 Å². The van der Waals surface area contributed by atoms with Gasteiger partial charge in [0.05, 0.1) is 37.3 Å². The van der Waals surface area contributed by atoms with E-state index in [4.69, 9.17) is 17.8 Å². The van der Waals surface area contributed by atoms with Gasteiger partial charge in [-0.2, -0.15) is 0 Å². The van der Waals surface area contributed by atoms with E-state index < -0.39 is 11.9 Å². The Hall–Kier alpha value is -1.28. The Morgan fingerprint density at radius 1 is 0.857 bits per heavy atom. The molecule has 0 unspecified atom stereocenters. The first-order valence-electron chi connectivity index (χ1n) is 6.33. The van der Waals surface area contributed by atoms with Crippen molar-refractivity contribution in [3.8, 4) is 0 Å². The van der Waals surface area contributed by atoms with E-state index in [1.807, 2.05) is 0 Å². The first kappa shape index (κ1) is 19.7. The molecule has 0 amide bonds. The smallest absolute Gasteiger partial charge is 0.374 e. The normalized spacial score (nSPS) is 9.62. The summed E-state index contributed by atoms with van der Waals surface area (Å²) in [6.45, 7) is 10.9. The molecule has 0 saturated heterocycles. The van der Waals surface area contributed by atoms with Crippen LogP contribution < -0.4 is 0 Å². The third-order valence-electron chi connectivity index (χ3n) is 1.78. The second-order valence-electron chi connectivity index (χ2n) is 3.45. The predicted octanol–water partition coefficient (Wildman–Crippen LogP) is 2.86. The number of esters is 2. The molecule has 0 fully saturated rings. The summed E-state index contributed by atoms with van der Waals surface area (Å²) in [6.07, 6.45) is 0.752. The quantitative estimate of drug-likeness (QED) is 0.177. The summed E-state index contributed by atoms with van der Waals surface area (Å²) >= 11 is 2.21. The minimum atomic E-state index is -0.562. The zero-order valence-electron chi connectivity index (χ0n) is 12.2. The van der Waals surface area contributed by atoms with Crippen molar-refractivity contribution in [2.45, 2.75) is 20.3 Å². The zero-order valence-corrected chi connectivity index (χ0v) is 13.8. The monoisotopic (exact) mass is 336 g/mol. The average molecular weight is 336 g/mol. The first-order chi connectivity index (χ1) is 10.0. The Labute approximate surface area is 133 Å². The van der Waals surface area contributed by atoms with E-state index in [1.165, 1.54) is 0 Å². The van der Waals surface area contributed by atoms with Crippen LogP contribution in [0.4, 0.5) is 0 Å². The molecule has 21 heavy (non-hydrogen) atoms. The van der Waals surface area contributed by atoms with Crippen molar-refractivity contribution in [2.75, 3.05) is 24.7 Å². The molecule has 0 N–H and O–H groups in total. The third kappa shape index (κ3) is 10.1. The van der Waals surface area contributed by atoms with E-state index in [9.17, 15) is 9.59 Å². The van der Waals surface area contributed by atoms with Gasteiger partial charge in [-0.15, -0.1) is 0 Å². The number of rotatable bonds is 12. The van der Waals surface area contributed by atoms with E-state index in [0.29, 0.717) is 11.5 Å². The van der Waals surface area contributed by atoms with Gasteiger partial charge in [0.15, 0.2) is 0 Å². The fourth-order valence-electron chi connectivity index (χ4n) is 0.894. The summed E-state index contributed by atoms with van der Waals surface area (Å²) in [6, 6.07) is 0. The molecular weight excluding hydrogens is 316 g/mol. The maximum Gasteiger partial charge on any atom is 0.374 e. The minimum Gasteiger partial charge on any atom is -0.460 e. The lowest BCUT2D eigenvalue weighted by atomic mass is 10.6. The van der Waals surface area contributed by atoms with Crippen molar-refractivity contribution in [1.29, 1.82) is 0 Å². The zero-order chi connectivity index (χ0) is 16.1. The molecule has 0 aliphatic rings. The Morgan fingerprint density at radius 2 is 1.24 bits per heavy atom. The largest absolute Gasteiger partial charge is 0.460 e. The highest BCUT2D eigenvalue weighted by Gasteiger charge is 2.10. The summed E-state index contributed by atoms with van der Waals surface area (Å²) in [5.41, 5.74) is 0. The highest BCUT2D eigenvalue weighted by molar-refractivity contribution is 7.95. The standard InChI is InChI=1S/C13H20O6S2/c1-5-16-12(14)10(3)18-20-8-7-9-21-19-11(4)13(15)17-6-2/h3-9H2,1-2H3. The Morgan fingerprint density at radius 3 is 1.57 bits per heavy atom. The van der Waals surface area contributed by atoms with Crippen LogP contribution in [0.1, 0.15) is 20.3 Å². The molecule has 0 aromatic carbocycles. The molecule has 0 aromatic rings. The molecule has 0 heterocycles. The summed E-state index contributed by atoms with van der Waals surface area (Å²) in [5.74, 6) is 0.103. The van der Waals surface area contributed by atoms with Gasteiger partial charge in [-0.25, -0.2) is 9.59 Å². The van der Waals surface area contributed by atoms with Gasteiger partial charge in [0.2, 0.25) is 11.5 Å². The second kappa shape index (κ2) is 12.5.